The molecule has 16 heavy (non-hydrogen) atoms. The molecule has 0 aliphatic carbocycles. The fourth-order valence-electron chi connectivity index (χ4n) is 1.55. The minimum atomic E-state index is -3.14. The highest BCUT2D eigenvalue weighted by atomic mass is 31.2. The Kier molecular flexibility index (Phi) is 4.78. The first-order valence-corrected chi connectivity index (χ1v) is 6.96. The van der Waals surface area contributed by atoms with Gasteiger partial charge in [0.2, 0.25) is 0 Å². The summed E-state index contributed by atoms with van der Waals surface area (Å²) in [5.74, 6) is 0.618. The van der Waals surface area contributed by atoms with Crippen molar-refractivity contribution in [2.24, 2.45) is 5.92 Å². The molecule has 0 spiro atoms. The second-order valence-corrected chi connectivity index (χ2v) is 6.32. The van der Waals surface area contributed by atoms with E-state index in [1.165, 1.54) is 14.2 Å². The van der Waals surface area contributed by atoms with Crippen LogP contribution >= 0.6 is 7.60 Å². The second kappa shape index (κ2) is 5.67. The lowest BCUT2D eigenvalue weighted by Gasteiger charge is -2.14. The van der Waals surface area contributed by atoms with E-state index < -0.39 is 7.60 Å². The summed E-state index contributed by atoms with van der Waals surface area (Å²) in [6.07, 6.45) is 3.71. The Morgan fingerprint density at radius 1 is 1.38 bits per heavy atom. The summed E-state index contributed by atoms with van der Waals surface area (Å²) in [6.45, 7) is 4.33. The van der Waals surface area contributed by atoms with E-state index in [-0.39, 0.29) is 0 Å². The molecule has 0 fully saturated rings. The van der Waals surface area contributed by atoms with Gasteiger partial charge in [0.05, 0.1) is 0 Å². The van der Waals surface area contributed by atoms with E-state index in [0.29, 0.717) is 11.4 Å². The second-order valence-electron chi connectivity index (χ2n) is 4.15. The summed E-state index contributed by atoms with van der Waals surface area (Å²) in [7, 11) is -0.339. The zero-order chi connectivity index (χ0) is 12.2. The van der Waals surface area contributed by atoms with Crippen LogP contribution in [-0.4, -0.2) is 19.2 Å². The van der Waals surface area contributed by atoms with E-state index in [1.54, 1.807) is 6.20 Å². The van der Waals surface area contributed by atoms with Crippen LogP contribution in [-0.2, 0) is 20.0 Å². The van der Waals surface area contributed by atoms with Gasteiger partial charge in [-0.2, -0.15) is 0 Å². The Balaban J connectivity index is 2.89. The number of aromatic amines is 1. The van der Waals surface area contributed by atoms with Gasteiger partial charge in [-0.25, -0.2) is 0 Å². The van der Waals surface area contributed by atoms with Crippen molar-refractivity contribution in [2.75, 3.05) is 14.2 Å². The molecule has 0 amide bonds. The van der Waals surface area contributed by atoms with E-state index >= 15 is 0 Å². The molecule has 92 valence electrons. The minimum absolute atomic E-state index is 0.582. The van der Waals surface area contributed by atoms with Crippen molar-refractivity contribution in [3.05, 3.63) is 17.8 Å². The molecule has 0 atom stereocenters. The predicted molar refractivity (Wildman–Crippen MR) is 65.2 cm³/mol. The molecule has 1 N–H and O–H groups in total. The Morgan fingerprint density at radius 2 is 2.00 bits per heavy atom. The summed E-state index contributed by atoms with van der Waals surface area (Å²) in [5, 5.41) is 0. The van der Waals surface area contributed by atoms with Crippen molar-refractivity contribution in [1.82, 2.24) is 4.98 Å². The van der Waals surface area contributed by atoms with Crippen LogP contribution in [0.2, 0.25) is 0 Å². The molecule has 4 nitrogen and oxygen atoms in total. The van der Waals surface area contributed by atoms with Crippen LogP contribution < -0.4 is 5.44 Å². The topological polar surface area (TPSA) is 51.3 Å². The highest BCUT2D eigenvalue weighted by Gasteiger charge is 2.28. The number of hydrogen-bond acceptors (Lipinski definition) is 3. The fraction of sp³-hybridized carbons (Fsp3) is 0.636. The molecule has 5 heteroatoms. The summed E-state index contributed by atoms with van der Waals surface area (Å²) in [6, 6.07) is 1.93. The van der Waals surface area contributed by atoms with Crippen molar-refractivity contribution >= 4 is 13.0 Å². The van der Waals surface area contributed by atoms with Gasteiger partial charge in [0.25, 0.3) is 0 Å². The van der Waals surface area contributed by atoms with Crippen molar-refractivity contribution in [3.8, 4) is 0 Å². The molecule has 0 saturated heterocycles. The predicted octanol–water partition coefficient (Wildman–Crippen LogP) is 2.71. The Bertz CT molecular complexity index is 365. The van der Waals surface area contributed by atoms with Gasteiger partial charge in [-0.05, 0) is 30.4 Å². The van der Waals surface area contributed by atoms with E-state index in [2.05, 4.69) is 18.8 Å². The molecule has 0 aromatic carbocycles. The zero-order valence-electron chi connectivity index (χ0n) is 10.3. The molecule has 0 aliphatic heterocycles. The maximum Gasteiger partial charge on any atom is 0.377 e. The van der Waals surface area contributed by atoms with Crippen molar-refractivity contribution < 1.29 is 13.6 Å². The highest BCUT2D eigenvalue weighted by Crippen LogP contribution is 2.45. The number of aryl methyl sites for hydroxylation is 1. The van der Waals surface area contributed by atoms with Crippen LogP contribution in [0.15, 0.2) is 12.3 Å². The normalized spacial score (nSPS) is 12.3. The summed E-state index contributed by atoms with van der Waals surface area (Å²) in [5.41, 5.74) is 1.60. The molecule has 1 rings (SSSR count). The first-order valence-electron chi connectivity index (χ1n) is 5.42. The van der Waals surface area contributed by atoms with E-state index in [1.807, 2.05) is 6.07 Å². The molecule has 0 aliphatic rings. The van der Waals surface area contributed by atoms with Gasteiger partial charge < -0.3 is 14.0 Å². The third-order valence-electron chi connectivity index (χ3n) is 2.55. The molecule has 1 aromatic heterocycles. The average molecular weight is 245 g/mol. The highest BCUT2D eigenvalue weighted by molar-refractivity contribution is 7.62. The molecular weight excluding hydrogens is 225 g/mol. The van der Waals surface area contributed by atoms with Crippen molar-refractivity contribution in [2.45, 2.75) is 26.7 Å². The average Bonchev–Trinajstić information content (AvgIpc) is 2.74. The standard InChI is InChI=1S/C11H20NO3P/c1-9(2)5-6-10-7-8-12-11(10)16(13,14-3)15-4/h7-9,12H,5-6H2,1-4H3. The summed E-state index contributed by atoms with van der Waals surface area (Å²) in [4.78, 5) is 2.96. The monoisotopic (exact) mass is 245 g/mol. The lowest BCUT2D eigenvalue weighted by molar-refractivity contribution is 0.286. The number of rotatable bonds is 6. The number of hydrogen-bond donors (Lipinski definition) is 1. The Morgan fingerprint density at radius 3 is 2.50 bits per heavy atom. The molecule has 0 radical (unpaired) electrons. The lowest BCUT2D eigenvalue weighted by Crippen LogP contribution is -2.14. The van der Waals surface area contributed by atoms with Crippen molar-refractivity contribution in [3.63, 3.8) is 0 Å². The van der Waals surface area contributed by atoms with Crippen molar-refractivity contribution in [1.29, 1.82) is 0 Å². The first kappa shape index (κ1) is 13.5. The maximum absolute atomic E-state index is 12.2. The SMILES string of the molecule is COP(=O)(OC)c1[nH]ccc1CCC(C)C. The van der Waals surface area contributed by atoms with Crippen LogP contribution in [0, 0.1) is 5.92 Å². The Labute approximate surface area is 96.9 Å². The van der Waals surface area contributed by atoms with Gasteiger partial charge in [0, 0.05) is 20.4 Å². The molecule has 0 bridgehead atoms. The smallest absolute Gasteiger partial charge is 0.355 e. The Hall–Kier alpha value is -0.570. The van der Waals surface area contributed by atoms with Crippen LogP contribution in [0.3, 0.4) is 0 Å². The largest absolute Gasteiger partial charge is 0.377 e. The van der Waals surface area contributed by atoms with Crippen LogP contribution in [0.4, 0.5) is 0 Å². The summed E-state index contributed by atoms with van der Waals surface area (Å²) < 4.78 is 22.2. The van der Waals surface area contributed by atoms with E-state index in [0.717, 1.165) is 18.4 Å². The fourth-order valence-corrected chi connectivity index (χ4v) is 2.84. The van der Waals surface area contributed by atoms with E-state index in [4.69, 9.17) is 9.05 Å². The van der Waals surface area contributed by atoms with Crippen LogP contribution in [0.25, 0.3) is 0 Å². The van der Waals surface area contributed by atoms with Gasteiger partial charge in [-0.15, -0.1) is 0 Å². The van der Waals surface area contributed by atoms with Crippen LogP contribution in [0.1, 0.15) is 25.8 Å². The minimum Gasteiger partial charge on any atom is -0.355 e. The molecule has 1 heterocycles. The lowest BCUT2D eigenvalue weighted by atomic mass is 10.1. The van der Waals surface area contributed by atoms with Gasteiger partial charge in [0.1, 0.15) is 5.44 Å². The number of aromatic nitrogens is 1. The van der Waals surface area contributed by atoms with Gasteiger partial charge in [-0.1, -0.05) is 13.8 Å². The summed E-state index contributed by atoms with van der Waals surface area (Å²) >= 11 is 0. The number of nitrogens with one attached hydrogen (secondary N) is 1. The van der Waals surface area contributed by atoms with Gasteiger partial charge >= 0.3 is 7.60 Å². The first-order chi connectivity index (χ1) is 7.53. The third kappa shape index (κ3) is 2.97. The van der Waals surface area contributed by atoms with Crippen LogP contribution in [0.5, 0.6) is 0 Å². The number of H-pyrrole nitrogens is 1. The van der Waals surface area contributed by atoms with Gasteiger partial charge in [-0.3, -0.25) is 4.57 Å². The molecular formula is C11H20NO3P. The molecule has 0 saturated carbocycles. The third-order valence-corrected chi connectivity index (χ3v) is 4.48. The molecule has 0 unspecified atom stereocenters. The maximum atomic E-state index is 12.2. The van der Waals surface area contributed by atoms with Gasteiger partial charge in [0.15, 0.2) is 0 Å². The van der Waals surface area contributed by atoms with E-state index in [9.17, 15) is 4.57 Å². The quantitative estimate of drug-likeness (QED) is 0.784. The molecule has 1 aromatic rings. The zero-order valence-corrected chi connectivity index (χ0v) is 11.2.